The lowest BCUT2D eigenvalue weighted by atomic mass is 9.29. The normalized spacial score (nSPS) is 34.7. The third-order valence-electron chi connectivity index (χ3n) is 8.25. The first-order chi connectivity index (χ1) is 15.5. The highest BCUT2D eigenvalue weighted by Gasteiger charge is 2.87. The fourth-order valence-corrected chi connectivity index (χ4v) is 7.12. The Bertz CT molecular complexity index is 1060. The van der Waals surface area contributed by atoms with Crippen LogP contribution >= 0.6 is 0 Å². The molecule has 2 aromatic rings. The van der Waals surface area contributed by atoms with Crippen LogP contribution in [0.2, 0.25) is 0 Å². The van der Waals surface area contributed by atoms with Crippen molar-refractivity contribution in [1.29, 1.82) is 0 Å². The number of anilines is 2. The largest absolute Gasteiger partial charge is 0.274 e. The zero-order chi connectivity index (χ0) is 22.2. The second kappa shape index (κ2) is 6.61. The number of imide groups is 2. The highest BCUT2D eigenvalue weighted by Crippen LogP contribution is 2.79. The molecule has 162 valence electrons. The van der Waals surface area contributed by atoms with Gasteiger partial charge in [-0.2, -0.15) is 0 Å². The molecule has 32 heavy (non-hydrogen) atoms. The van der Waals surface area contributed by atoms with Crippen molar-refractivity contribution < 1.29 is 19.2 Å². The van der Waals surface area contributed by atoms with Gasteiger partial charge in [0.05, 0.1) is 35.0 Å². The topological polar surface area (TPSA) is 74.8 Å². The van der Waals surface area contributed by atoms with Gasteiger partial charge in [0.2, 0.25) is 23.6 Å². The van der Waals surface area contributed by atoms with E-state index >= 15 is 0 Å². The van der Waals surface area contributed by atoms with E-state index in [0.717, 1.165) is 12.8 Å². The van der Waals surface area contributed by atoms with E-state index in [-0.39, 0.29) is 29.5 Å². The van der Waals surface area contributed by atoms with E-state index in [4.69, 9.17) is 0 Å². The molecule has 4 aliphatic rings. The molecule has 2 aliphatic heterocycles. The highest BCUT2D eigenvalue weighted by molar-refractivity contribution is 6.28. The Balaban J connectivity index is 1.41. The number of carbonyl (C=O) groups excluding carboxylic acids is 4. The van der Waals surface area contributed by atoms with Gasteiger partial charge in [0.15, 0.2) is 0 Å². The van der Waals surface area contributed by atoms with Crippen molar-refractivity contribution in [3.8, 4) is 0 Å². The summed E-state index contributed by atoms with van der Waals surface area (Å²) < 4.78 is 0. The number of unbranched alkanes of at least 4 members (excludes halogenated alkanes) is 1. The fourth-order valence-electron chi connectivity index (χ4n) is 7.12. The Morgan fingerprint density at radius 1 is 0.688 bits per heavy atom. The molecule has 6 nitrogen and oxygen atoms in total. The van der Waals surface area contributed by atoms with Crippen molar-refractivity contribution in [3.63, 3.8) is 0 Å². The molecule has 4 atom stereocenters. The number of hydrogen-bond acceptors (Lipinski definition) is 4. The molecule has 2 saturated carbocycles. The van der Waals surface area contributed by atoms with E-state index in [1.54, 1.807) is 48.5 Å². The summed E-state index contributed by atoms with van der Waals surface area (Å²) in [6.07, 6.45) is 2.49. The van der Waals surface area contributed by atoms with Gasteiger partial charge in [-0.1, -0.05) is 56.2 Å². The van der Waals surface area contributed by atoms with Crippen LogP contribution in [-0.4, -0.2) is 23.6 Å². The van der Waals surface area contributed by atoms with Crippen LogP contribution < -0.4 is 9.80 Å². The lowest BCUT2D eigenvalue weighted by Crippen LogP contribution is -2.74. The quantitative estimate of drug-likeness (QED) is 0.684. The molecule has 2 saturated heterocycles. The number of para-hydroxylation sites is 2. The second-order valence-electron chi connectivity index (χ2n) is 9.44. The van der Waals surface area contributed by atoms with Gasteiger partial charge < -0.3 is 0 Å². The Kier molecular flexibility index (Phi) is 4.01. The van der Waals surface area contributed by atoms with E-state index in [2.05, 4.69) is 6.92 Å². The summed E-state index contributed by atoms with van der Waals surface area (Å²) >= 11 is 0. The van der Waals surface area contributed by atoms with Crippen LogP contribution in [0.3, 0.4) is 0 Å². The summed E-state index contributed by atoms with van der Waals surface area (Å²) in [6, 6.07) is 17.9. The Labute approximate surface area is 186 Å². The number of nitrogens with zero attached hydrogens (tertiary/aromatic N) is 2. The molecule has 4 fully saturated rings. The third-order valence-corrected chi connectivity index (χ3v) is 8.25. The fraction of sp³-hybridized carbons (Fsp3) is 0.385. The van der Waals surface area contributed by atoms with Crippen molar-refractivity contribution in [1.82, 2.24) is 0 Å². The first-order valence-corrected chi connectivity index (χ1v) is 11.4. The predicted octanol–water partition coefficient (Wildman–Crippen LogP) is 3.42. The van der Waals surface area contributed by atoms with Crippen molar-refractivity contribution >= 4 is 35.0 Å². The molecular formula is C26H24N2O4. The first kappa shape index (κ1) is 19.4. The standard InChI is InChI=1S/C26H24N2O4/c1-2-3-14-26-19(17-20(26)24(31)27(22(17)29)15-10-6-4-7-11-15)18-21(26)25(32)28(23(18)30)16-12-8-5-9-13-16/h4-13,17-21H,2-3,14H2,1H3. The maximum Gasteiger partial charge on any atom is 0.238 e. The smallest absolute Gasteiger partial charge is 0.238 e. The number of fused-ring (bicyclic) bond motifs is 7. The Morgan fingerprint density at radius 2 is 1.12 bits per heavy atom. The second-order valence-corrected chi connectivity index (χ2v) is 9.44. The van der Waals surface area contributed by atoms with Crippen LogP contribution in [0, 0.1) is 35.0 Å². The van der Waals surface area contributed by atoms with Crippen molar-refractivity contribution in [2.45, 2.75) is 26.2 Å². The molecule has 2 aliphatic carbocycles. The maximum absolute atomic E-state index is 13.6. The minimum atomic E-state index is -0.585. The van der Waals surface area contributed by atoms with Gasteiger partial charge in [-0.15, -0.1) is 0 Å². The van der Waals surface area contributed by atoms with E-state index in [0.29, 0.717) is 17.8 Å². The van der Waals surface area contributed by atoms with Crippen LogP contribution in [0.1, 0.15) is 26.2 Å². The molecule has 0 aromatic heterocycles. The molecule has 4 unspecified atom stereocenters. The minimum absolute atomic E-state index is 0.213. The number of amides is 4. The minimum Gasteiger partial charge on any atom is -0.274 e. The van der Waals surface area contributed by atoms with Gasteiger partial charge in [0, 0.05) is 0 Å². The third kappa shape index (κ3) is 2.10. The molecule has 0 bridgehead atoms. The average molecular weight is 428 g/mol. The van der Waals surface area contributed by atoms with E-state index < -0.39 is 29.1 Å². The van der Waals surface area contributed by atoms with Crippen LogP contribution in [0.15, 0.2) is 60.7 Å². The number of carbonyl (C=O) groups is 4. The monoisotopic (exact) mass is 428 g/mol. The predicted molar refractivity (Wildman–Crippen MR) is 117 cm³/mol. The molecule has 0 radical (unpaired) electrons. The number of hydrogen-bond donors (Lipinski definition) is 0. The Morgan fingerprint density at radius 3 is 1.53 bits per heavy atom. The van der Waals surface area contributed by atoms with Gasteiger partial charge in [0.1, 0.15) is 0 Å². The summed E-state index contributed by atoms with van der Waals surface area (Å²) in [5.74, 6) is -3.15. The molecular weight excluding hydrogens is 404 g/mol. The van der Waals surface area contributed by atoms with E-state index in [1.807, 2.05) is 12.1 Å². The first-order valence-electron chi connectivity index (χ1n) is 11.4. The van der Waals surface area contributed by atoms with E-state index in [9.17, 15) is 19.2 Å². The van der Waals surface area contributed by atoms with Crippen LogP contribution in [0.5, 0.6) is 0 Å². The average Bonchev–Trinajstić information content (AvgIpc) is 3.16. The van der Waals surface area contributed by atoms with Gasteiger partial charge >= 0.3 is 0 Å². The SMILES string of the molecule is CCCCC12C3C(=O)N(c4ccccc4)C(=O)C3C1C1C(=O)N(c3ccccc3)C(=O)C12. The number of rotatable bonds is 5. The van der Waals surface area contributed by atoms with Gasteiger partial charge in [-0.25, -0.2) is 0 Å². The zero-order valence-corrected chi connectivity index (χ0v) is 17.8. The molecule has 6 heteroatoms. The molecule has 6 rings (SSSR count). The summed E-state index contributed by atoms with van der Waals surface area (Å²) in [7, 11) is 0. The molecule has 2 aromatic carbocycles. The summed E-state index contributed by atoms with van der Waals surface area (Å²) in [5.41, 5.74) is 0.545. The molecule has 2 heterocycles. The van der Waals surface area contributed by atoms with Crippen molar-refractivity contribution in [2.24, 2.45) is 35.0 Å². The summed E-state index contributed by atoms with van der Waals surface area (Å²) in [5, 5.41) is 0. The van der Waals surface area contributed by atoms with Crippen LogP contribution in [-0.2, 0) is 19.2 Å². The Hall–Kier alpha value is -3.28. The summed E-state index contributed by atoms with van der Waals surface area (Å²) in [4.78, 5) is 56.5. The highest BCUT2D eigenvalue weighted by atomic mass is 16.2. The number of benzene rings is 2. The maximum atomic E-state index is 13.6. The van der Waals surface area contributed by atoms with Crippen molar-refractivity contribution in [3.05, 3.63) is 60.7 Å². The zero-order valence-electron chi connectivity index (χ0n) is 17.8. The van der Waals surface area contributed by atoms with Crippen molar-refractivity contribution in [2.75, 3.05) is 9.80 Å². The van der Waals surface area contributed by atoms with Gasteiger partial charge in [-0.3, -0.25) is 29.0 Å². The van der Waals surface area contributed by atoms with Crippen LogP contribution in [0.4, 0.5) is 11.4 Å². The molecule has 0 N–H and O–H groups in total. The van der Waals surface area contributed by atoms with E-state index in [1.165, 1.54) is 9.80 Å². The lowest BCUT2D eigenvalue weighted by molar-refractivity contribution is -0.249. The summed E-state index contributed by atoms with van der Waals surface area (Å²) in [6.45, 7) is 2.08. The lowest BCUT2D eigenvalue weighted by Gasteiger charge is -2.69. The van der Waals surface area contributed by atoms with Gasteiger partial charge in [-0.05, 0) is 42.0 Å². The molecule has 0 spiro atoms. The van der Waals surface area contributed by atoms with Gasteiger partial charge in [0.25, 0.3) is 0 Å². The van der Waals surface area contributed by atoms with Crippen LogP contribution in [0.25, 0.3) is 0 Å². The molecule has 4 amide bonds.